The Balaban J connectivity index is 0.00000264. The van der Waals surface area contributed by atoms with Crippen LogP contribution in [-0.2, 0) is 4.79 Å². The first-order valence-corrected chi connectivity index (χ1v) is 9.13. The Morgan fingerprint density at radius 3 is 3.00 bits per heavy atom. The van der Waals surface area contributed by atoms with Crippen LogP contribution in [0.2, 0.25) is 0 Å². The molecule has 1 fully saturated rings. The number of carbonyl (C=O) groups is 1. The largest absolute Gasteiger partial charge is 0.494 e. The Morgan fingerprint density at radius 1 is 1.48 bits per heavy atom. The molecule has 4 nitrogen and oxygen atoms in total. The van der Waals surface area contributed by atoms with Crippen LogP contribution in [0.3, 0.4) is 0 Å². The first kappa shape index (κ1) is 20.1. The van der Waals surface area contributed by atoms with Crippen LogP contribution >= 0.6 is 24.2 Å². The highest BCUT2D eigenvalue weighted by Crippen LogP contribution is 2.19. The summed E-state index contributed by atoms with van der Waals surface area (Å²) in [6, 6.07) is 7.91. The molecule has 1 heterocycles. The molecular formula is C17H27ClN2O2S. The smallest absolute Gasteiger partial charge is 0.225 e. The third-order valence-corrected chi connectivity index (χ3v) is 4.64. The Morgan fingerprint density at radius 2 is 2.30 bits per heavy atom. The fourth-order valence-corrected chi connectivity index (χ4v) is 3.21. The van der Waals surface area contributed by atoms with E-state index in [0.717, 1.165) is 35.9 Å². The van der Waals surface area contributed by atoms with Gasteiger partial charge in [0.25, 0.3) is 0 Å². The number of hydrogen-bond acceptors (Lipinski definition) is 4. The van der Waals surface area contributed by atoms with Crippen LogP contribution in [-0.4, -0.2) is 36.6 Å². The van der Waals surface area contributed by atoms with Crippen molar-refractivity contribution in [3.63, 3.8) is 0 Å². The maximum atomic E-state index is 12.1. The van der Waals surface area contributed by atoms with Gasteiger partial charge in [-0.1, -0.05) is 19.9 Å². The summed E-state index contributed by atoms with van der Waals surface area (Å²) in [6.07, 6.45) is 1.55. The molecule has 0 spiro atoms. The van der Waals surface area contributed by atoms with Gasteiger partial charge in [0.15, 0.2) is 0 Å². The monoisotopic (exact) mass is 358 g/mol. The predicted octanol–water partition coefficient (Wildman–Crippen LogP) is 3.57. The first-order valence-electron chi connectivity index (χ1n) is 7.97. The minimum absolute atomic E-state index is 0. The van der Waals surface area contributed by atoms with E-state index in [4.69, 9.17) is 4.74 Å². The van der Waals surface area contributed by atoms with Gasteiger partial charge in [-0.3, -0.25) is 4.79 Å². The van der Waals surface area contributed by atoms with Crippen molar-refractivity contribution >= 4 is 35.8 Å². The molecule has 1 saturated heterocycles. The molecule has 0 aliphatic carbocycles. The molecule has 1 aliphatic heterocycles. The summed E-state index contributed by atoms with van der Waals surface area (Å²) >= 11 is 1.90. The minimum atomic E-state index is 0. The first-order chi connectivity index (χ1) is 10.6. The van der Waals surface area contributed by atoms with Crippen LogP contribution in [0.5, 0.6) is 5.75 Å². The van der Waals surface area contributed by atoms with Gasteiger partial charge in [0.2, 0.25) is 5.91 Å². The summed E-state index contributed by atoms with van der Waals surface area (Å²) in [6.45, 7) is 6.05. The molecule has 1 atom stereocenters. The van der Waals surface area contributed by atoms with Crippen LogP contribution in [0, 0.1) is 5.92 Å². The third-order valence-electron chi connectivity index (χ3n) is 3.51. The van der Waals surface area contributed by atoms with Crippen LogP contribution in [0.15, 0.2) is 24.3 Å². The molecule has 1 aromatic rings. The number of thioether (sulfide) groups is 1. The van der Waals surface area contributed by atoms with Gasteiger partial charge in [-0.15, -0.1) is 12.4 Å². The van der Waals surface area contributed by atoms with Crippen LogP contribution < -0.4 is 15.4 Å². The lowest BCUT2D eigenvalue weighted by molar-refractivity contribution is -0.116. The summed E-state index contributed by atoms with van der Waals surface area (Å²) in [4.78, 5) is 12.1. The lowest BCUT2D eigenvalue weighted by atomic mass is 10.1. The number of amides is 1. The SMILES string of the molecule is CC(C)CCOc1cccc(NC(=O)CC2CSCCN2)c1.Cl. The second-order valence-electron chi connectivity index (χ2n) is 6.04. The molecule has 0 saturated carbocycles. The van der Waals surface area contributed by atoms with Crippen molar-refractivity contribution < 1.29 is 9.53 Å². The molecular weight excluding hydrogens is 332 g/mol. The van der Waals surface area contributed by atoms with E-state index >= 15 is 0 Å². The van der Waals surface area contributed by atoms with Gasteiger partial charge >= 0.3 is 0 Å². The molecule has 2 N–H and O–H groups in total. The molecule has 2 rings (SSSR count). The second kappa shape index (κ2) is 10.8. The summed E-state index contributed by atoms with van der Waals surface area (Å²) in [5, 5.41) is 6.34. The van der Waals surface area contributed by atoms with Crippen molar-refractivity contribution in [2.24, 2.45) is 5.92 Å². The Labute approximate surface area is 149 Å². The number of carbonyl (C=O) groups excluding carboxylic acids is 1. The number of anilines is 1. The number of nitrogens with one attached hydrogen (secondary N) is 2. The number of ether oxygens (including phenoxy) is 1. The number of rotatable bonds is 7. The number of hydrogen-bond donors (Lipinski definition) is 2. The lowest BCUT2D eigenvalue weighted by Gasteiger charge is -2.22. The Kier molecular flexibility index (Phi) is 9.44. The van der Waals surface area contributed by atoms with E-state index in [9.17, 15) is 4.79 Å². The average molecular weight is 359 g/mol. The highest BCUT2D eigenvalue weighted by atomic mass is 35.5. The molecule has 0 aromatic heterocycles. The van der Waals surface area contributed by atoms with Gasteiger partial charge in [0.1, 0.15) is 5.75 Å². The van der Waals surface area contributed by atoms with Crippen LogP contribution in [0.25, 0.3) is 0 Å². The van der Waals surface area contributed by atoms with Crippen molar-refractivity contribution in [1.29, 1.82) is 0 Å². The molecule has 23 heavy (non-hydrogen) atoms. The molecule has 0 radical (unpaired) electrons. The zero-order valence-electron chi connectivity index (χ0n) is 13.8. The molecule has 1 aromatic carbocycles. The number of halogens is 1. The van der Waals surface area contributed by atoms with E-state index in [-0.39, 0.29) is 24.4 Å². The quantitative estimate of drug-likeness (QED) is 0.782. The number of benzene rings is 1. The van der Waals surface area contributed by atoms with E-state index in [2.05, 4.69) is 24.5 Å². The zero-order chi connectivity index (χ0) is 15.8. The van der Waals surface area contributed by atoms with E-state index in [1.54, 1.807) is 0 Å². The van der Waals surface area contributed by atoms with Crippen molar-refractivity contribution in [2.75, 3.05) is 30.0 Å². The topological polar surface area (TPSA) is 50.4 Å². The van der Waals surface area contributed by atoms with Crippen molar-refractivity contribution in [2.45, 2.75) is 32.7 Å². The molecule has 130 valence electrons. The highest BCUT2D eigenvalue weighted by molar-refractivity contribution is 7.99. The van der Waals surface area contributed by atoms with E-state index in [0.29, 0.717) is 18.9 Å². The summed E-state index contributed by atoms with van der Waals surface area (Å²) in [5.74, 6) is 3.63. The van der Waals surface area contributed by atoms with Crippen molar-refractivity contribution in [1.82, 2.24) is 5.32 Å². The van der Waals surface area contributed by atoms with Gasteiger partial charge in [-0.2, -0.15) is 11.8 Å². The molecule has 0 bridgehead atoms. The van der Waals surface area contributed by atoms with Gasteiger partial charge in [0, 0.05) is 42.3 Å². The Bertz CT molecular complexity index is 479. The van der Waals surface area contributed by atoms with Gasteiger partial charge in [0.05, 0.1) is 6.61 Å². The van der Waals surface area contributed by atoms with Crippen molar-refractivity contribution in [3.05, 3.63) is 24.3 Å². The highest BCUT2D eigenvalue weighted by Gasteiger charge is 2.16. The van der Waals surface area contributed by atoms with Crippen molar-refractivity contribution in [3.8, 4) is 5.75 Å². The summed E-state index contributed by atoms with van der Waals surface area (Å²) < 4.78 is 5.72. The maximum absolute atomic E-state index is 12.1. The zero-order valence-corrected chi connectivity index (χ0v) is 15.5. The van der Waals surface area contributed by atoms with Gasteiger partial charge in [-0.05, 0) is 24.5 Å². The van der Waals surface area contributed by atoms with E-state index < -0.39 is 0 Å². The van der Waals surface area contributed by atoms with Gasteiger partial charge < -0.3 is 15.4 Å². The van der Waals surface area contributed by atoms with Crippen LogP contribution in [0.1, 0.15) is 26.7 Å². The Hall–Kier alpha value is -0.910. The lowest BCUT2D eigenvalue weighted by Crippen LogP contribution is -2.39. The maximum Gasteiger partial charge on any atom is 0.225 e. The fourth-order valence-electron chi connectivity index (χ4n) is 2.26. The standard InChI is InChI=1S/C17H26N2O2S.ClH/c1-13(2)6-8-21-16-5-3-4-14(10-16)19-17(20)11-15-12-22-9-7-18-15;/h3-5,10,13,15,18H,6-9,11-12H2,1-2H3,(H,19,20);1H. The molecule has 6 heteroatoms. The molecule has 1 unspecified atom stereocenters. The summed E-state index contributed by atoms with van der Waals surface area (Å²) in [7, 11) is 0. The normalized spacial score (nSPS) is 17.4. The van der Waals surface area contributed by atoms with E-state index in [1.165, 1.54) is 0 Å². The third kappa shape index (κ3) is 7.95. The predicted molar refractivity (Wildman–Crippen MR) is 101 cm³/mol. The van der Waals surface area contributed by atoms with E-state index in [1.807, 2.05) is 36.0 Å². The average Bonchev–Trinajstić information content (AvgIpc) is 2.48. The summed E-state index contributed by atoms with van der Waals surface area (Å²) in [5.41, 5.74) is 0.801. The molecule has 1 aliphatic rings. The second-order valence-corrected chi connectivity index (χ2v) is 7.19. The minimum Gasteiger partial charge on any atom is -0.494 e. The van der Waals surface area contributed by atoms with Gasteiger partial charge in [-0.25, -0.2) is 0 Å². The molecule has 1 amide bonds. The van der Waals surface area contributed by atoms with Crippen LogP contribution in [0.4, 0.5) is 5.69 Å². The fraction of sp³-hybridized carbons (Fsp3) is 0.588.